The van der Waals surface area contributed by atoms with E-state index in [0.717, 1.165) is 18.9 Å². The van der Waals surface area contributed by atoms with Crippen LogP contribution in [-0.2, 0) is 6.18 Å². The van der Waals surface area contributed by atoms with Crippen molar-refractivity contribution in [3.8, 4) is 17.0 Å². The van der Waals surface area contributed by atoms with Crippen molar-refractivity contribution in [3.05, 3.63) is 40.8 Å². The van der Waals surface area contributed by atoms with E-state index in [-0.39, 0.29) is 16.6 Å². The number of ether oxygens (including phenoxy) is 1. The number of nitrogens with zero attached hydrogens (tertiary/aromatic N) is 1. The van der Waals surface area contributed by atoms with Crippen LogP contribution in [0, 0.1) is 4.77 Å². The fourth-order valence-corrected chi connectivity index (χ4v) is 2.07. The second-order valence-corrected chi connectivity index (χ2v) is 5.21. The van der Waals surface area contributed by atoms with Crippen molar-refractivity contribution in [2.75, 3.05) is 0 Å². The molecule has 0 radical (unpaired) electrons. The molecule has 1 heterocycles. The van der Waals surface area contributed by atoms with Crippen molar-refractivity contribution in [2.24, 2.45) is 0 Å². The first-order valence-corrected chi connectivity index (χ1v) is 6.78. The number of alkyl halides is 3. The van der Waals surface area contributed by atoms with Crippen LogP contribution in [-0.4, -0.2) is 16.1 Å². The molecule has 110 valence electrons. The SMILES string of the molecule is FC(F)(F)c1cc(-c2cccc(OC3CC3)c2)nc(=S)[nH]1. The maximum atomic E-state index is 12.8. The Morgan fingerprint density at radius 3 is 2.67 bits per heavy atom. The molecule has 3 rings (SSSR count). The van der Waals surface area contributed by atoms with Crippen LogP contribution >= 0.6 is 12.2 Å². The van der Waals surface area contributed by atoms with Gasteiger partial charge in [0, 0.05) is 5.56 Å². The molecule has 0 atom stereocenters. The molecule has 1 saturated carbocycles. The third-order valence-electron chi connectivity index (χ3n) is 3.01. The fraction of sp³-hybridized carbons (Fsp3) is 0.286. The van der Waals surface area contributed by atoms with E-state index in [2.05, 4.69) is 9.97 Å². The highest BCUT2D eigenvalue weighted by Gasteiger charge is 2.32. The van der Waals surface area contributed by atoms with Gasteiger partial charge in [0.1, 0.15) is 11.4 Å². The smallest absolute Gasteiger partial charge is 0.431 e. The summed E-state index contributed by atoms with van der Waals surface area (Å²) in [5.41, 5.74) is -0.197. The van der Waals surface area contributed by atoms with Crippen molar-refractivity contribution < 1.29 is 17.9 Å². The molecule has 1 N–H and O–H groups in total. The lowest BCUT2D eigenvalue weighted by molar-refractivity contribution is -0.141. The molecule has 7 heteroatoms. The van der Waals surface area contributed by atoms with Crippen molar-refractivity contribution in [1.82, 2.24) is 9.97 Å². The summed E-state index contributed by atoms with van der Waals surface area (Å²) in [4.78, 5) is 6.02. The summed E-state index contributed by atoms with van der Waals surface area (Å²) in [5.74, 6) is 0.629. The molecular weight excluding hydrogens is 301 g/mol. The number of nitrogens with one attached hydrogen (secondary N) is 1. The van der Waals surface area contributed by atoms with Gasteiger partial charge in [-0.1, -0.05) is 12.1 Å². The molecular formula is C14H11F3N2OS. The summed E-state index contributed by atoms with van der Waals surface area (Å²) in [6, 6.07) is 7.80. The van der Waals surface area contributed by atoms with E-state index < -0.39 is 11.9 Å². The minimum atomic E-state index is -4.49. The van der Waals surface area contributed by atoms with Crippen molar-refractivity contribution >= 4 is 12.2 Å². The Balaban J connectivity index is 1.99. The molecule has 0 amide bonds. The number of hydrogen-bond acceptors (Lipinski definition) is 3. The van der Waals surface area contributed by atoms with Crippen LogP contribution in [0.3, 0.4) is 0 Å². The molecule has 0 aliphatic heterocycles. The predicted molar refractivity (Wildman–Crippen MR) is 73.5 cm³/mol. The number of hydrogen-bond donors (Lipinski definition) is 1. The number of aromatic amines is 1. The van der Waals surface area contributed by atoms with Crippen LogP contribution in [0.4, 0.5) is 13.2 Å². The van der Waals surface area contributed by atoms with Gasteiger partial charge in [-0.25, -0.2) is 4.98 Å². The second kappa shape index (κ2) is 5.14. The highest BCUT2D eigenvalue weighted by molar-refractivity contribution is 7.71. The monoisotopic (exact) mass is 312 g/mol. The summed E-state index contributed by atoms with van der Waals surface area (Å²) < 4.78 is 43.8. The minimum Gasteiger partial charge on any atom is -0.490 e. The van der Waals surface area contributed by atoms with Crippen LogP contribution in [0.15, 0.2) is 30.3 Å². The van der Waals surface area contributed by atoms with Crippen LogP contribution in [0.2, 0.25) is 0 Å². The minimum absolute atomic E-state index is 0.173. The zero-order valence-electron chi connectivity index (χ0n) is 10.8. The normalized spacial score (nSPS) is 15.0. The van der Waals surface area contributed by atoms with E-state index >= 15 is 0 Å². The van der Waals surface area contributed by atoms with Gasteiger partial charge < -0.3 is 9.72 Å². The molecule has 1 aromatic heterocycles. The Hall–Kier alpha value is -1.89. The molecule has 2 aromatic rings. The zero-order chi connectivity index (χ0) is 15.0. The number of rotatable bonds is 3. The highest BCUT2D eigenvalue weighted by Crippen LogP contribution is 2.32. The van der Waals surface area contributed by atoms with Gasteiger partial charge in [-0.05, 0) is 43.3 Å². The molecule has 1 aromatic carbocycles. The zero-order valence-corrected chi connectivity index (χ0v) is 11.6. The average molecular weight is 312 g/mol. The second-order valence-electron chi connectivity index (χ2n) is 4.83. The third-order valence-corrected chi connectivity index (χ3v) is 3.20. The molecule has 0 unspecified atom stereocenters. The van der Waals surface area contributed by atoms with Gasteiger partial charge in [-0.15, -0.1) is 0 Å². The lowest BCUT2D eigenvalue weighted by Crippen LogP contribution is -2.09. The van der Waals surface area contributed by atoms with Gasteiger partial charge in [-0.3, -0.25) is 0 Å². The first-order chi connectivity index (χ1) is 9.91. The number of H-pyrrole nitrogens is 1. The average Bonchev–Trinajstić information content (AvgIpc) is 3.21. The number of aromatic nitrogens is 2. The van der Waals surface area contributed by atoms with E-state index in [1.807, 2.05) is 0 Å². The lowest BCUT2D eigenvalue weighted by atomic mass is 10.1. The predicted octanol–water partition coefficient (Wildman–Crippen LogP) is 4.37. The maximum Gasteiger partial charge on any atom is 0.431 e. The van der Waals surface area contributed by atoms with Gasteiger partial charge in [-0.2, -0.15) is 13.2 Å². The largest absolute Gasteiger partial charge is 0.490 e. The lowest BCUT2D eigenvalue weighted by Gasteiger charge is -2.10. The quantitative estimate of drug-likeness (QED) is 0.855. The summed E-state index contributed by atoms with van der Waals surface area (Å²) >= 11 is 4.77. The summed E-state index contributed by atoms with van der Waals surface area (Å²) in [6.45, 7) is 0. The van der Waals surface area contributed by atoms with Crippen LogP contribution in [0.1, 0.15) is 18.5 Å². The molecule has 21 heavy (non-hydrogen) atoms. The molecule has 0 saturated heterocycles. The standard InChI is InChI=1S/C14H11F3N2OS/c15-14(16,17)12-7-11(18-13(21)19-12)8-2-1-3-10(6-8)20-9-4-5-9/h1-3,6-7,9H,4-5H2,(H,18,19,21). The number of benzene rings is 1. The Kier molecular flexibility index (Phi) is 3.44. The highest BCUT2D eigenvalue weighted by atomic mass is 32.1. The van der Waals surface area contributed by atoms with Gasteiger partial charge in [0.05, 0.1) is 11.8 Å². The molecule has 1 fully saturated rings. The summed E-state index contributed by atoms with van der Waals surface area (Å²) in [6.07, 6.45) is -2.25. The molecule has 1 aliphatic rings. The van der Waals surface area contributed by atoms with Gasteiger partial charge in [0.2, 0.25) is 0 Å². The number of halogens is 3. The molecule has 0 spiro atoms. The van der Waals surface area contributed by atoms with Gasteiger partial charge in [0.25, 0.3) is 0 Å². The summed E-state index contributed by atoms with van der Waals surface area (Å²) in [7, 11) is 0. The Morgan fingerprint density at radius 1 is 1.24 bits per heavy atom. The Labute approximate surface area is 123 Å². The Bertz CT molecular complexity index is 723. The first-order valence-electron chi connectivity index (χ1n) is 6.37. The first kappa shape index (κ1) is 14.1. The van der Waals surface area contributed by atoms with Crippen molar-refractivity contribution in [2.45, 2.75) is 25.1 Å². The van der Waals surface area contributed by atoms with Crippen molar-refractivity contribution in [1.29, 1.82) is 0 Å². The van der Waals surface area contributed by atoms with E-state index in [9.17, 15) is 13.2 Å². The fourth-order valence-electron chi connectivity index (χ4n) is 1.87. The summed E-state index contributed by atoms with van der Waals surface area (Å²) in [5, 5.41) is 0. The van der Waals surface area contributed by atoms with Gasteiger partial charge in [0.15, 0.2) is 4.77 Å². The van der Waals surface area contributed by atoms with Crippen LogP contribution < -0.4 is 4.74 Å². The maximum absolute atomic E-state index is 12.8. The third kappa shape index (κ3) is 3.41. The topological polar surface area (TPSA) is 37.9 Å². The van der Waals surface area contributed by atoms with Crippen molar-refractivity contribution in [3.63, 3.8) is 0 Å². The van der Waals surface area contributed by atoms with Crippen LogP contribution in [0.25, 0.3) is 11.3 Å². The Morgan fingerprint density at radius 2 is 2.00 bits per heavy atom. The molecule has 3 nitrogen and oxygen atoms in total. The van der Waals surface area contributed by atoms with E-state index in [4.69, 9.17) is 17.0 Å². The van der Waals surface area contributed by atoms with E-state index in [0.29, 0.717) is 11.3 Å². The molecule has 1 aliphatic carbocycles. The van der Waals surface area contributed by atoms with E-state index in [1.54, 1.807) is 24.3 Å². The van der Waals surface area contributed by atoms with E-state index in [1.165, 1.54) is 0 Å². The molecule has 0 bridgehead atoms. The van der Waals surface area contributed by atoms with Gasteiger partial charge >= 0.3 is 6.18 Å². The van der Waals surface area contributed by atoms with Crippen LogP contribution in [0.5, 0.6) is 5.75 Å².